The lowest BCUT2D eigenvalue weighted by molar-refractivity contribution is -0.118. The van der Waals surface area contributed by atoms with Crippen LogP contribution in [0.25, 0.3) is 0 Å². The summed E-state index contributed by atoms with van der Waals surface area (Å²) in [6.07, 6.45) is 0. The van der Waals surface area contributed by atoms with Crippen LogP contribution < -0.4 is 15.4 Å². The van der Waals surface area contributed by atoms with Crippen molar-refractivity contribution in [2.45, 2.75) is 6.61 Å². The summed E-state index contributed by atoms with van der Waals surface area (Å²) in [4.78, 5) is 10.9. The van der Waals surface area contributed by atoms with E-state index in [0.29, 0.717) is 5.69 Å². The molecule has 0 bridgehead atoms. The fourth-order valence-electron chi connectivity index (χ4n) is 1.02. The largest absolute Gasteiger partial charge is 0.435 e. The Morgan fingerprint density at radius 2 is 2.00 bits per heavy atom. The smallest absolute Gasteiger partial charge is 0.387 e. The highest BCUT2D eigenvalue weighted by Gasteiger charge is 2.03. The van der Waals surface area contributed by atoms with Crippen molar-refractivity contribution in [2.75, 3.05) is 18.9 Å². The molecule has 4 nitrogen and oxygen atoms in total. The van der Waals surface area contributed by atoms with Gasteiger partial charge in [0.2, 0.25) is 5.91 Å². The van der Waals surface area contributed by atoms with Gasteiger partial charge in [-0.2, -0.15) is 8.78 Å². The quantitative estimate of drug-likeness (QED) is 0.804. The Morgan fingerprint density at radius 3 is 2.50 bits per heavy atom. The highest BCUT2D eigenvalue weighted by atomic mass is 19.3. The zero-order valence-corrected chi connectivity index (χ0v) is 8.67. The van der Waals surface area contributed by atoms with Gasteiger partial charge in [-0.1, -0.05) is 0 Å². The molecule has 0 unspecified atom stereocenters. The lowest BCUT2D eigenvalue weighted by Gasteiger charge is -2.07. The zero-order valence-electron chi connectivity index (χ0n) is 8.67. The molecule has 0 aliphatic heterocycles. The van der Waals surface area contributed by atoms with Crippen molar-refractivity contribution in [1.29, 1.82) is 0 Å². The first-order chi connectivity index (χ1) is 7.61. The fraction of sp³-hybridized carbons (Fsp3) is 0.300. The van der Waals surface area contributed by atoms with E-state index in [1.165, 1.54) is 19.2 Å². The Hall–Kier alpha value is -1.85. The maximum absolute atomic E-state index is 11.8. The number of nitrogens with one attached hydrogen (secondary N) is 2. The molecular formula is C10H12F2N2O2. The lowest BCUT2D eigenvalue weighted by atomic mass is 10.3. The molecule has 0 fully saturated rings. The predicted molar refractivity (Wildman–Crippen MR) is 55.6 cm³/mol. The van der Waals surface area contributed by atoms with Crippen molar-refractivity contribution in [3.8, 4) is 5.75 Å². The van der Waals surface area contributed by atoms with E-state index in [9.17, 15) is 13.6 Å². The van der Waals surface area contributed by atoms with E-state index in [1.54, 1.807) is 12.1 Å². The van der Waals surface area contributed by atoms with Gasteiger partial charge in [0.25, 0.3) is 0 Å². The molecule has 0 saturated carbocycles. The number of hydrogen-bond donors (Lipinski definition) is 2. The van der Waals surface area contributed by atoms with E-state index in [1.807, 2.05) is 0 Å². The first-order valence-electron chi connectivity index (χ1n) is 4.61. The summed E-state index contributed by atoms with van der Waals surface area (Å²) >= 11 is 0. The Labute approximate surface area is 91.6 Å². The highest BCUT2D eigenvalue weighted by molar-refractivity contribution is 5.80. The summed E-state index contributed by atoms with van der Waals surface area (Å²) in [5.74, 6) is -0.0756. The second-order valence-corrected chi connectivity index (χ2v) is 2.93. The number of halogens is 2. The number of rotatable bonds is 5. The molecule has 1 amide bonds. The number of anilines is 1. The molecule has 0 aliphatic rings. The summed E-state index contributed by atoms with van der Waals surface area (Å²) in [5, 5.41) is 5.27. The molecular weight excluding hydrogens is 218 g/mol. The van der Waals surface area contributed by atoms with Crippen LogP contribution >= 0.6 is 0 Å². The predicted octanol–water partition coefficient (Wildman–Crippen LogP) is 1.45. The van der Waals surface area contributed by atoms with Crippen LogP contribution in [0.1, 0.15) is 0 Å². The van der Waals surface area contributed by atoms with Crippen LogP contribution in [-0.4, -0.2) is 26.1 Å². The minimum atomic E-state index is -2.83. The normalized spacial score (nSPS) is 10.0. The van der Waals surface area contributed by atoms with Gasteiger partial charge in [-0.3, -0.25) is 4.79 Å². The van der Waals surface area contributed by atoms with Gasteiger partial charge >= 0.3 is 6.61 Å². The molecule has 16 heavy (non-hydrogen) atoms. The SMILES string of the molecule is CNC(=O)CNc1ccc(OC(F)F)cc1. The summed E-state index contributed by atoms with van der Waals surface area (Å²) in [6, 6.07) is 5.91. The first kappa shape index (κ1) is 12.2. The van der Waals surface area contributed by atoms with Crippen LogP contribution in [0, 0.1) is 0 Å². The van der Waals surface area contributed by atoms with Gasteiger partial charge in [0.05, 0.1) is 6.54 Å². The van der Waals surface area contributed by atoms with Crippen LogP contribution in [-0.2, 0) is 4.79 Å². The van der Waals surface area contributed by atoms with Crippen molar-refractivity contribution in [1.82, 2.24) is 5.32 Å². The summed E-state index contributed by atoms with van der Waals surface area (Å²) in [7, 11) is 1.53. The van der Waals surface area contributed by atoms with Crippen molar-refractivity contribution < 1.29 is 18.3 Å². The molecule has 0 saturated heterocycles. The minimum Gasteiger partial charge on any atom is -0.435 e. The lowest BCUT2D eigenvalue weighted by Crippen LogP contribution is -2.26. The highest BCUT2D eigenvalue weighted by Crippen LogP contribution is 2.17. The molecule has 0 aliphatic carbocycles. The molecule has 0 heterocycles. The van der Waals surface area contributed by atoms with Crippen LogP contribution in [0.15, 0.2) is 24.3 Å². The standard InChI is InChI=1S/C10H12F2N2O2/c1-13-9(15)6-14-7-2-4-8(5-3-7)16-10(11)12/h2-5,10,14H,6H2,1H3,(H,13,15). The van der Waals surface area contributed by atoms with E-state index in [4.69, 9.17) is 0 Å². The molecule has 0 aromatic heterocycles. The number of amides is 1. The van der Waals surface area contributed by atoms with E-state index in [2.05, 4.69) is 15.4 Å². The summed E-state index contributed by atoms with van der Waals surface area (Å²) in [5.41, 5.74) is 0.658. The van der Waals surface area contributed by atoms with E-state index in [-0.39, 0.29) is 18.2 Å². The Bertz CT molecular complexity index is 341. The number of hydrogen-bond acceptors (Lipinski definition) is 3. The summed E-state index contributed by atoms with van der Waals surface area (Å²) in [6.45, 7) is -2.70. The van der Waals surface area contributed by atoms with Crippen LogP contribution in [0.2, 0.25) is 0 Å². The molecule has 0 spiro atoms. The van der Waals surface area contributed by atoms with Crippen LogP contribution in [0.3, 0.4) is 0 Å². The van der Waals surface area contributed by atoms with Gasteiger partial charge in [0.1, 0.15) is 5.75 Å². The number of carbonyl (C=O) groups is 1. The monoisotopic (exact) mass is 230 g/mol. The molecule has 6 heteroatoms. The van der Waals surface area contributed by atoms with Crippen molar-refractivity contribution >= 4 is 11.6 Å². The molecule has 88 valence electrons. The maximum Gasteiger partial charge on any atom is 0.387 e. The Morgan fingerprint density at radius 1 is 1.38 bits per heavy atom. The third-order valence-corrected chi connectivity index (χ3v) is 1.81. The van der Waals surface area contributed by atoms with Crippen molar-refractivity contribution in [2.24, 2.45) is 0 Å². The molecule has 1 aromatic carbocycles. The van der Waals surface area contributed by atoms with Crippen molar-refractivity contribution in [3.05, 3.63) is 24.3 Å². The maximum atomic E-state index is 11.8. The van der Waals surface area contributed by atoms with Gasteiger partial charge in [-0.05, 0) is 24.3 Å². The van der Waals surface area contributed by atoms with Crippen molar-refractivity contribution in [3.63, 3.8) is 0 Å². The molecule has 0 atom stereocenters. The molecule has 2 N–H and O–H groups in total. The second-order valence-electron chi connectivity index (χ2n) is 2.93. The van der Waals surface area contributed by atoms with E-state index in [0.717, 1.165) is 0 Å². The second kappa shape index (κ2) is 5.89. The Kier molecular flexibility index (Phi) is 4.50. The third-order valence-electron chi connectivity index (χ3n) is 1.81. The first-order valence-corrected chi connectivity index (χ1v) is 4.61. The van der Waals surface area contributed by atoms with Gasteiger partial charge in [-0.25, -0.2) is 0 Å². The number of benzene rings is 1. The Balaban J connectivity index is 2.48. The van der Waals surface area contributed by atoms with Gasteiger partial charge in [-0.15, -0.1) is 0 Å². The average molecular weight is 230 g/mol. The average Bonchev–Trinajstić information content (AvgIpc) is 2.27. The van der Waals surface area contributed by atoms with E-state index < -0.39 is 6.61 Å². The number of alkyl halides is 2. The molecule has 1 aromatic rings. The molecule has 1 rings (SSSR count). The topological polar surface area (TPSA) is 50.4 Å². The molecule has 0 radical (unpaired) electrons. The van der Waals surface area contributed by atoms with E-state index >= 15 is 0 Å². The van der Waals surface area contributed by atoms with Gasteiger partial charge in [0.15, 0.2) is 0 Å². The minimum absolute atomic E-state index is 0.0838. The fourth-order valence-corrected chi connectivity index (χ4v) is 1.02. The van der Waals surface area contributed by atoms with Gasteiger partial charge < -0.3 is 15.4 Å². The van der Waals surface area contributed by atoms with Crippen LogP contribution in [0.4, 0.5) is 14.5 Å². The summed E-state index contributed by atoms with van der Waals surface area (Å²) < 4.78 is 27.8. The zero-order chi connectivity index (χ0) is 12.0. The number of carbonyl (C=O) groups excluding carboxylic acids is 1. The third kappa shape index (κ3) is 4.12. The van der Waals surface area contributed by atoms with Crippen LogP contribution in [0.5, 0.6) is 5.75 Å². The van der Waals surface area contributed by atoms with Gasteiger partial charge in [0, 0.05) is 12.7 Å². The number of likely N-dealkylation sites (N-methyl/N-ethyl adjacent to an activating group) is 1. The number of ether oxygens (including phenoxy) is 1.